The number of nitrogens with zero attached hydrogens (tertiary/aromatic N) is 2. The maximum atomic E-state index is 12.4. The molecule has 0 saturated carbocycles. The molecule has 0 spiro atoms. The minimum Gasteiger partial charge on any atom is -0.492 e. The number of carbonyl (C=O) groups is 1. The van der Waals surface area contributed by atoms with Gasteiger partial charge in [0.05, 0.1) is 23.2 Å². The number of nitrogens with one attached hydrogen (secondary N) is 2. The van der Waals surface area contributed by atoms with Gasteiger partial charge >= 0.3 is 0 Å². The first kappa shape index (κ1) is 13.1. The molecule has 0 aliphatic heterocycles. The summed E-state index contributed by atoms with van der Waals surface area (Å²) in [6.07, 6.45) is 3.26. The largest absolute Gasteiger partial charge is 0.492 e. The van der Waals surface area contributed by atoms with E-state index in [9.17, 15) is 4.79 Å². The second-order valence-corrected chi connectivity index (χ2v) is 4.38. The standard InChI is InChI=1S/C15H14N4O2/c1-2-21-13-6-4-3-5-12(13)17-15(20)14-10-9-16-8-7-11(10)18-19-14/h3-9H,2H2,1H3,(H,17,20)(H,18,19). The van der Waals surface area contributed by atoms with E-state index in [1.807, 2.05) is 25.1 Å². The van der Waals surface area contributed by atoms with E-state index in [2.05, 4.69) is 20.5 Å². The molecule has 6 heteroatoms. The molecule has 0 fully saturated rings. The second kappa shape index (κ2) is 5.62. The van der Waals surface area contributed by atoms with Crippen molar-refractivity contribution in [2.24, 2.45) is 0 Å². The van der Waals surface area contributed by atoms with E-state index >= 15 is 0 Å². The van der Waals surface area contributed by atoms with Crippen molar-refractivity contribution in [3.05, 3.63) is 48.4 Å². The molecule has 0 bridgehead atoms. The Morgan fingerprint density at radius 3 is 3.05 bits per heavy atom. The Morgan fingerprint density at radius 1 is 1.33 bits per heavy atom. The fourth-order valence-corrected chi connectivity index (χ4v) is 2.06. The molecule has 0 atom stereocenters. The molecular weight excluding hydrogens is 268 g/mol. The SMILES string of the molecule is CCOc1ccccc1NC(=O)c1n[nH]c2ccncc12. The van der Waals surface area contributed by atoms with Crippen LogP contribution in [0.3, 0.4) is 0 Å². The predicted octanol–water partition coefficient (Wildman–Crippen LogP) is 2.61. The molecule has 21 heavy (non-hydrogen) atoms. The van der Waals surface area contributed by atoms with Gasteiger partial charge in [-0.1, -0.05) is 12.1 Å². The summed E-state index contributed by atoms with van der Waals surface area (Å²) in [6, 6.07) is 9.06. The van der Waals surface area contributed by atoms with Gasteiger partial charge in [-0.05, 0) is 25.1 Å². The first-order valence-electron chi connectivity index (χ1n) is 6.61. The summed E-state index contributed by atoms with van der Waals surface area (Å²) >= 11 is 0. The fourth-order valence-electron chi connectivity index (χ4n) is 2.06. The summed E-state index contributed by atoms with van der Waals surface area (Å²) in [7, 11) is 0. The zero-order valence-electron chi connectivity index (χ0n) is 11.5. The molecule has 0 radical (unpaired) electrons. The lowest BCUT2D eigenvalue weighted by atomic mass is 10.2. The predicted molar refractivity (Wildman–Crippen MR) is 79.5 cm³/mol. The van der Waals surface area contributed by atoms with Gasteiger partial charge in [-0.25, -0.2) is 0 Å². The number of para-hydroxylation sites is 2. The maximum absolute atomic E-state index is 12.4. The van der Waals surface area contributed by atoms with Crippen LogP contribution in [0.4, 0.5) is 5.69 Å². The van der Waals surface area contributed by atoms with Gasteiger partial charge in [-0.15, -0.1) is 0 Å². The van der Waals surface area contributed by atoms with Crippen molar-refractivity contribution in [2.45, 2.75) is 6.92 Å². The summed E-state index contributed by atoms with van der Waals surface area (Å²) in [5.74, 6) is 0.327. The van der Waals surface area contributed by atoms with Crippen LogP contribution in [0, 0.1) is 0 Å². The molecule has 0 aliphatic rings. The highest BCUT2D eigenvalue weighted by Crippen LogP contribution is 2.25. The minimum atomic E-state index is -0.304. The molecule has 2 aromatic heterocycles. The van der Waals surface area contributed by atoms with Crippen LogP contribution in [0.15, 0.2) is 42.7 Å². The first-order valence-corrected chi connectivity index (χ1v) is 6.61. The Hall–Kier alpha value is -2.89. The maximum Gasteiger partial charge on any atom is 0.276 e. The zero-order valence-corrected chi connectivity index (χ0v) is 11.5. The van der Waals surface area contributed by atoms with Crippen LogP contribution in [0.5, 0.6) is 5.75 Å². The zero-order chi connectivity index (χ0) is 14.7. The number of anilines is 1. The fraction of sp³-hybridized carbons (Fsp3) is 0.133. The molecule has 0 aliphatic carbocycles. The quantitative estimate of drug-likeness (QED) is 0.770. The van der Waals surface area contributed by atoms with Gasteiger partial charge in [0.1, 0.15) is 5.75 Å². The lowest BCUT2D eigenvalue weighted by molar-refractivity contribution is 0.102. The third-order valence-corrected chi connectivity index (χ3v) is 3.01. The third kappa shape index (κ3) is 2.55. The minimum absolute atomic E-state index is 0.304. The van der Waals surface area contributed by atoms with Crippen LogP contribution in [0.1, 0.15) is 17.4 Å². The van der Waals surface area contributed by atoms with Crippen molar-refractivity contribution in [1.29, 1.82) is 0 Å². The van der Waals surface area contributed by atoms with E-state index in [1.54, 1.807) is 24.5 Å². The number of hydrogen-bond acceptors (Lipinski definition) is 4. The number of ether oxygens (including phenoxy) is 1. The number of hydrogen-bond donors (Lipinski definition) is 2. The van der Waals surface area contributed by atoms with E-state index in [0.717, 1.165) is 5.52 Å². The average molecular weight is 282 g/mol. The van der Waals surface area contributed by atoms with E-state index in [0.29, 0.717) is 29.1 Å². The van der Waals surface area contributed by atoms with Crippen molar-refractivity contribution in [1.82, 2.24) is 15.2 Å². The van der Waals surface area contributed by atoms with Crippen LogP contribution in [0.2, 0.25) is 0 Å². The normalized spacial score (nSPS) is 10.5. The Morgan fingerprint density at radius 2 is 2.19 bits per heavy atom. The lowest BCUT2D eigenvalue weighted by Gasteiger charge is -2.10. The lowest BCUT2D eigenvalue weighted by Crippen LogP contribution is -2.13. The number of benzene rings is 1. The molecule has 3 aromatic rings. The Kier molecular flexibility index (Phi) is 3.51. The Balaban J connectivity index is 1.90. The molecule has 1 aromatic carbocycles. The number of aromatic nitrogens is 3. The van der Waals surface area contributed by atoms with Crippen molar-refractivity contribution in [3.8, 4) is 5.75 Å². The number of fused-ring (bicyclic) bond motifs is 1. The van der Waals surface area contributed by atoms with E-state index in [4.69, 9.17) is 4.74 Å². The number of H-pyrrole nitrogens is 1. The Bertz CT molecular complexity index is 782. The van der Waals surface area contributed by atoms with Crippen molar-refractivity contribution in [3.63, 3.8) is 0 Å². The third-order valence-electron chi connectivity index (χ3n) is 3.01. The first-order chi connectivity index (χ1) is 10.3. The molecule has 2 N–H and O–H groups in total. The van der Waals surface area contributed by atoms with E-state index < -0.39 is 0 Å². The van der Waals surface area contributed by atoms with Gasteiger partial charge in [0.15, 0.2) is 5.69 Å². The van der Waals surface area contributed by atoms with Gasteiger partial charge in [-0.2, -0.15) is 5.10 Å². The van der Waals surface area contributed by atoms with Crippen LogP contribution < -0.4 is 10.1 Å². The van der Waals surface area contributed by atoms with Gasteiger partial charge in [0, 0.05) is 12.4 Å². The van der Waals surface area contributed by atoms with Gasteiger partial charge in [0.2, 0.25) is 0 Å². The molecule has 106 valence electrons. The highest BCUT2D eigenvalue weighted by molar-refractivity contribution is 6.11. The number of amides is 1. The average Bonchev–Trinajstić information content (AvgIpc) is 2.93. The smallest absolute Gasteiger partial charge is 0.276 e. The van der Waals surface area contributed by atoms with E-state index in [1.165, 1.54) is 0 Å². The molecular formula is C15H14N4O2. The van der Waals surface area contributed by atoms with Crippen molar-refractivity contribution >= 4 is 22.5 Å². The number of aromatic amines is 1. The Labute approximate surface area is 121 Å². The molecule has 1 amide bonds. The second-order valence-electron chi connectivity index (χ2n) is 4.38. The number of carbonyl (C=O) groups excluding carboxylic acids is 1. The molecule has 6 nitrogen and oxygen atoms in total. The number of pyridine rings is 1. The molecule has 0 saturated heterocycles. The van der Waals surface area contributed by atoms with Crippen LogP contribution >= 0.6 is 0 Å². The highest BCUT2D eigenvalue weighted by Gasteiger charge is 2.15. The molecule has 2 heterocycles. The van der Waals surface area contributed by atoms with Gasteiger partial charge < -0.3 is 10.1 Å². The molecule has 3 rings (SSSR count). The summed E-state index contributed by atoms with van der Waals surface area (Å²) in [5, 5.41) is 10.4. The monoisotopic (exact) mass is 282 g/mol. The van der Waals surface area contributed by atoms with Crippen LogP contribution in [-0.4, -0.2) is 27.7 Å². The van der Waals surface area contributed by atoms with Crippen LogP contribution in [0.25, 0.3) is 10.9 Å². The van der Waals surface area contributed by atoms with Gasteiger partial charge in [0.25, 0.3) is 5.91 Å². The van der Waals surface area contributed by atoms with Crippen molar-refractivity contribution in [2.75, 3.05) is 11.9 Å². The summed E-state index contributed by atoms with van der Waals surface area (Å²) < 4.78 is 5.49. The summed E-state index contributed by atoms with van der Waals surface area (Å²) in [5.41, 5.74) is 1.70. The van der Waals surface area contributed by atoms with Crippen molar-refractivity contribution < 1.29 is 9.53 Å². The molecule has 0 unspecified atom stereocenters. The summed E-state index contributed by atoms with van der Waals surface area (Å²) in [4.78, 5) is 16.4. The highest BCUT2D eigenvalue weighted by atomic mass is 16.5. The number of rotatable bonds is 4. The van der Waals surface area contributed by atoms with Crippen LogP contribution in [-0.2, 0) is 0 Å². The summed E-state index contributed by atoms with van der Waals surface area (Å²) in [6.45, 7) is 2.42. The topological polar surface area (TPSA) is 79.9 Å². The van der Waals surface area contributed by atoms with Gasteiger partial charge in [-0.3, -0.25) is 14.9 Å². The van der Waals surface area contributed by atoms with E-state index in [-0.39, 0.29) is 5.91 Å².